The van der Waals surface area contributed by atoms with Gasteiger partial charge in [-0.05, 0) is 74.0 Å². The average Bonchev–Trinajstić information content (AvgIpc) is 3.30. The van der Waals surface area contributed by atoms with Gasteiger partial charge in [-0.15, -0.1) is 11.3 Å². The number of urea groups is 1. The number of aryl methyl sites for hydroxylation is 1. The number of nitrogens with one attached hydrogen (secondary N) is 1. The van der Waals surface area contributed by atoms with Gasteiger partial charge in [-0.25, -0.2) is 4.79 Å². The van der Waals surface area contributed by atoms with Crippen LogP contribution in [0.4, 0.5) is 10.5 Å². The SMILES string of the molecule is Cc1ccccc1OC[C@@H]1c2ccsc2CCN1C(=O)CN(C(=O)Nc1cccc(Cl)c1)C(C)C. The molecule has 0 saturated carbocycles. The Balaban J connectivity index is 1.50. The molecule has 6 nitrogen and oxygen atoms in total. The van der Waals surface area contributed by atoms with Crippen LogP contribution >= 0.6 is 22.9 Å². The van der Waals surface area contributed by atoms with Crippen LogP contribution in [0.5, 0.6) is 5.75 Å². The molecule has 1 aliphatic rings. The number of thiophene rings is 1. The topological polar surface area (TPSA) is 61.9 Å². The minimum absolute atomic E-state index is 0.0234. The zero-order valence-electron chi connectivity index (χ0n) is 20.2. The van der Waals surface area contributed by atoms with Crippen LogP contribution in [0.25, 0.3) is 0 Å². The first kappa shape index (κ1) is 25.1. The van der Waals surface area contributed by atoms with Crippen LogP contribution in [0.3, 0.4) is 0 Å². The van der Waals surface area contributed by atoms with E-state index >= 15 is 0 Å². The Morgan fingerprint density at radius 2 is 2.00 bits per heavy atom. The van der Waals surface area contributed by atoms with Gasteiger partial charge in [0.05, 0.1) is 6.04 Å². The molecule has 2 aromatic carbocycles. The van der Waals surface area contributed by atoms with E-state index in [1.54, 1.807) is 40.5 Å². The Morgan fingerprint density at radius 1 is 1.20 bits per heavy atom. The van der Waals surface area contributed by atoms with E-state index in [4.69, 9.17) is 16.3 Å². The summed E-state index contributed by atoms with van der Waals surface area (Å²) >= 11 is 7.77. The molecule has 0 radical (unpaired) electrons. The Bertz CT molecular complexity index is 1200. The van der Waals surface area contributed by atoms with Crippen molar-refractivity contribution in [1.29, 1.82) is 0 Å². The molecule has 1 atom stereocenters. The number of rotatable bonds is 7. The zero-order valence-corrected chi connectivity index (χ0v) is 21.7. The number of amides is 3. The second-order valence-corrected chi connectivity index (χ2v) is 10.3. The fourth-order valence-electron chi connectivity index (χ4n) is 4.25. The molecule has 0 fully saturated rings. The predicted molar refractivity (Wildman–Crippen MR) is 141 cm³/mol. The van der Waals surface area contributed by atoms with Crippen molar-refractivity contribution in [3.63, 3.8) is 0 Å². The van der Waals surface area contributed by atoms with Crippen molar-refractivity contribution in [3.8, 4) is 5.75 Å². The van der Waals surface area contributed by atoms with Gasteiger partial charge in [-0.3, -0.25) is 4.79 Å². The number of ether oxygens (including phenoxy) is 1. The lowest BCUT2D eigenvalue weighted by molar-refractivity contribution is -0.135. The fraction of sp³-hybridized carbons (Fsp3) is 0.333. The first-order valence-electron chi connectivity index (χ1n) is 11.7. The van der Waals surface area contributed by atoms with E-state index in [1.807, 2.05) is 49.9 Å². The minimum atomic E-state index is -0.337. The molecular formula is C27H30ClN3O3S. The number of para-hydroxylation sites is 1. The maximum atomic E-state index is 13.6. The highest BCUT2D eigenvalue weighted by molar-refractivity contribution is 7.10. The summed E-state index contributed by atoms with van der Waals surface area (Å²) in [6.45, 7) is 6.73. The number of halogens is 1. The Morgan fingerprint density at radius 3 is 2.74 bits per heavy atom. The molecule has 3 amide bonds. The Hall–Kier alpha value is -3.03. The third kappa shape index (κ3) is 5.97. The highest BCUT2D eigenvalue weighted by Crippen LogP contribution is 2.34. The van der Waals surface area contributed by atoms with Crippen LogP contribution < -0.4 is 10.1 Å². The van der Waals surface area contributed by atoms with Crippen LogP contribution in [0.1, 0.15) is 35.9 Å². The average molecular weight is 512 g/mol. The monoisotopic (exact) mass is 511 g/mol. The van der Waals surface area contributed by atoms with Crippen molar-refractivity contribution >= 4 is 40.6 Å². The molecule has 35 heavy (non-hydrogen) atoms. The summed E-state index contributed by atoms with van der Waals surface area (Å²) in [6, 6.07) is 16.2. The van der Waals surface area contributed by atoms with E-state index in [2.05, 4.69) is 16.8 Å². The number of carbonyl (C=O) groups excluding carboxylic acids is 2. The molecule has 0 bridgehead atoms. The van der Waals surface area contributed by atoms with Gasteiger partial charge in [0.25, 0.3) is 0 Å². The van der Waals surface area contributed by atoms with Crippen LogP contribution in [-0.2, 0) is 11.2 Å². The number of hydrogen-bond acceptors (Lipinski definition) is 4. The number of nitrogens with zero attached hydrogens (tertiary/aromatic N) is 2. The van der Waals surface area contributed by atoms with E-state index in [0.29, 0.717) is 23.9 Å². The molecule has 8 heteroatoms. The molecule has 184 valence electrons. The first-order valence-corrected chi connectivity index (χ1v) is 13.0. The first-order chi connectivity index (χ1) is 16.8. The highest BCUT2D eigenvalue weighted by atomic mass is 35.5. The molecular weight excluding hydrogens is 482 g/mol. The Labute approximate surface area is 215 Å². The van der Waals surface area contributed by atoms with Crippen LogP contribution in [0, 0.1) is 6.92 Å². The van der Waals surface area contributed by atoms with E-state index in [-0.39, 0.29) is 30.6 Å². The maximum Gasteiger partial charge on any atom is 0.322 e. The summed E-state index contributed by atoms with van der Waals surface area (Å²) in [5, 5.41) is 5.46. The number of anilines is 1. The molecule has 0 unspecified atom stereocenters. The van der Waals surface area contributed by atoms with Gasteiger partial charge in [0.2, 0.25) is 5.91 Å². The van der Waals surface area contributed by atoms with Crippen LogP contribution in [-0.4, -0.2) is 47.5 Å². The Kier molecular flexibility index (Phi) is 7.98. The standard InChI is InChI=1S/C27H30ClN3O3S/c1-18(2)31(27(33)29-21-9-6-8-20(28)15-21)16-26(32)30-13-11-25-22(12-14-35-25)23(30)17-34-24-10-5-4-7-19(24)3/h4-10,12,14-15,18,23H,11,13,16-17H2,1-3H3,(H,29,33)/t23-/m1/s1. The summed E-state index contributed by atoms with van der Waals surface area (Å²) in [6.07, 6.45) is 0.802. The minimum Gasteiger partial charge on any atom is -0.491 e. The van der Waals surface area contributed by atoms with Gasteiger partial charge < -0.3 is 19.9 Å². The molecule has 1 aliphatic heterocycles. The smallest absolute Gasteiger partial charge is 0.322 e. The highest BCUT2D eigenvalue weighted by Gasteiger charge is 2.34. The maximum absolute atomic E-state index is 13.6. The number of carbonyl (C=O) groups is 2. The molecule has 2 heterocycles. The molecule has 3 aromatic rings. The predicted octanol–water partition coefficient (Wildman–Crippen LogP) is 6.16. The molecule has 0 spiro atoms. The fourth-order valence-corrected chi connectivity index (χ4v) is 5.37. The van der Waals surface area contributed by atoms with Gasteiger partial charge in [0, 0.05) is 28.2 Å². The second-order valence-electron chi connectivity index (χ2n) is 8.89. The largest absolute Gasteiger partial charge is 0.491 e. The lowest BCUT2D eigenvalue weighted by Crippen LogP contribution is -2.50. The summed E-state index contributed by atoms with van der Waals surface area (Å²) in [5.41, 5.74) is 2.77. The van der Waals surface area contributed by atoms with Gasteiger partial charge in [0.1, 0.15) is 18.9 Å². The van der Waals surface area contributed by atoms with Gasteiger partial charge in [0.15, 0.2) is 0 Å². The lowest BCUT2D eigenvalue weighted by atomic mass is 10.00. The van der Waals surface area contributed by atoms with E-state index in [1.165, 1.54) is 4.88 Å². The summed E-state index contributed by atoms with van der Waals surface area (Å²) in [4.78, 5) is 31.3. The summed E-state index contributed by atoms with van der Waals surface area (Å²) in [5.74, 6) is 0.710. The normalized spacial score (nSPS) is 15.0. The van der Waals surface area contributed by atoms with Crippen molar-refractivity contribution in [3.05, 3.63) is 81.0 Å². The molecule has 0 saturated heterocycles. The van der Waals surface area contributed by atoms with Crippen LogP contribution in [0.2, 0.25) is 5.02 Å². The van der Waals surface area contributed by atoms with E-state index in [9.17, 15) is 9.59 Å². The number of fused-ring (bicyclic) bond motifs is 1. The van der Waals surface area contributed by atoms with Gasteiger partial charge in [-0.2, -0.15) is 0 Å². The second kappa shape index (κ2) is 11.1. The zero-order chi connectivity index (χ0) is 24.9. The quantitative estimate of drug-likeness (QED) is 0.413. The summed E-state index contributed by atoms with van der Waals surface area (Å²) in [7, 11) is 0. The van der Waals surface area contributed by atoms with Crippen molar-refractivity contribution in [1.82, 2.24) is 9.80 Å². The molecule has 1 aromatic heterocycles. The number of hydrogen-bond donors (Lipinski definition) is 1. The molecule has 1 N–H and O–H groups in total. The molecule has 4 rings (SSSR count). The van der Waals surface area contributed by atoms with Crippen molar-refractivity contribution in [2.75, 3.05) is 25.0 Å². The van der Waals surface area contributed by atoms with E-state index < -0.39 is 0 Å². The van der Waals surface area contributed by atoms with E-state index in [0.717, 1.165) is 23.3 Å². The van der Waals surface area contributed by atoms with Crippen molar-refractivity contribution < 1.29 is 14.3 Å². The van der Waals surface area contributed by atoms with Crippen molar-refractivity contribution in [2.45, 2.75) is 39.3 Å². The molecule has 0 aliphatic carbocycles. The van der Waals surface area contributed by atoms with Gasteiger partial charge >= 0.3 is 6.03 Å². The number of benzene rings is 2. The summed E-state index contributed by atoms with van der Waals surface area (Å²) < 4.78 is 6.18. The lowest BCUT2D eigenvalue weighted by Gasteiger charge is -2.37. The third-order valence-electron chi connectivity index (χ3n) is 6.17. The van der Waals surface area contributed by atoms with Gasteiger partial charge in [-0.1, -0.05) is 35.9 Å². The van der Waals surface area contributed by atoms with Crippen molar-refractivity contribution in [2.24, 2.45) is 0 Å². The third-order valence-corrected chi connectivity index (χ3v) is 7.40. The van der Waals surface area contributed by atoms with Crippen LogP contribution in [0.15, 0.2) is 60.0 Å².